The molecule has 0 unspecified atom stereocenters. The average molecular weight is 383 g/mol. The molecule has 0 aliphatic rings. The number of nitrogens with zero attached hydrogens (tertiary/aromatic N) is 7. The van der Waals surface area contributed by atoms with Crippen molar-refractivity contribution in [2.24, 2.45) is 0 Å². The third-order valence-corrected chi connectivity index (χ3v) is 4.57. The van der Waals surface area contributed by atoms with Gasteiger partial charge in [0, 0.05) is 17.6 Å². The van der Waals surface area contributed by atoms with E-state index in [9.17, 15) is 0 Å². The fourth-order valence-corrected chi connectivity index (χ4v) is 3.13. The molecule has 1 aromatic carbocycles. The van der Waals surface area contributed by atoms with Gasteiger partial charge in [-0.1, -0.05) is 35.5 Å². The van der Waals surface area contributed by atoms with Crippen LogP contribution in [-0.2, 0) is 19.5 Å². The van der Waals surface area contributed by atoms with Gasteiger partial charge in [0.05, 0.1) is 24.2 Å². The summed E-state index contributed by atoms with van der Waals surface area (Å²) in [5.74, 6) is 1.05. The van der Waals surface area contributed by atoms with Crippen LogP contribution >= 0.6 is 11.6 Å². The second-order valence-corrected chi connectivity index (χ2v) is 6.54. The van der Waals surface area contributed by atoms with Gasteiger partial charge >= 0.3 is 0 Å². The van der Waals surface area contributed by atoms with Crippen LogP contribution in [0.3, 0.4) is 0 Å². The Balaban J connectivity index is 1.62. The first-order chi connectivity index (χ1) is 13.3. The molecule has 0 saturated heterocycles. The van der Waals surface area contributed by atoms with Gasteiger partial charge in [0.2, 0.25) is 0 Å². The number of halogens is 1. The molecule has 2 N–H and O–H groups in total. The van der Waals surface area contributed by atoms with E-state index in [0.29, 0.717) is 30.4 Å². The van der Waals surface area contributed by atoms with Gasteiger partial charge in [0.15, 0.2) is 5.65 Å². The molecule has 4 rings (SSSR count). The van der Waals surface area contributed by atoms with E-state index in [2.05, 4.69) is 20.3 Å². The summed E-state index contributed by atoms with van der Waals surface area (Å²) < 4.78 is 3.65. The number of benzene rings is 1. The standard InChI is InChI=1S/C18H19ClN8/c19-8-4-7-14-11-26(25-23-14)9-10-27-18-15(17(20)21-12-22-18)16(24-27)13-5-2-1-3-6-13/h1-3,5-6,11-12H,4,7-10H2,(H2,20,21,22). The van der Waals surface area contributed by atoms with Crippen molar-refractivity contribution in [3.05, 3.63) is 48.5 Å². The molecule has 8 nitrogen and oxygen atoms in total. The Morgan fingerprint density at radius 1 is 1.07 bits per heavy atom. The molecule has 0 spiro atoms. The van der Waals surface area contributed by atoms with Crippen molar-refractivity contribution >= 4 is 28.5 Å². The molecule has 0 aliphatic carbocycles. The highest BCUT2D eigenvalue weighted by molar-refractivity contribution is 6.17. The van der Waals surface area contributed by atoms with Crippen molar-refractivity contribution in [2.75, 3.05) is 11.6 Å². The first-order valence-corrected chi connectivity index (χ1v) is 9.27. The highest BCUT2D eigenvalue weighted by Gasteiger charge is 2.16. The van der Waals surface area contributed by atoms with Crippen LogP contribution in [0.2, 0.25) is 0 Å². The third kappa shape index (κ3) is 3.61. The van der Waals surface area contributed by atoms with Gasteiger partial charge in [-0.25, -0.2) is 14.6 Å². The van der Waals surface area contributed by atoms with Gasteiger partial charge in [0.25, 0.3) is 0 Å². The smallest absolute Gasteiger partial charge is 0.164 e. The molecule has 9 heteroatoms. The Hall–Kier alpha value is -3.00. The van der Waals surface area contributed by atoms with Crippen molar-refractivity contribution in [3.8, 4) is 11.3 Å². The van der Waals surface area contributed by atoms with Crippen molar-refractivity contribution in [3.63, 3.8) is 0 Å². The molecular weight excluding hydrogens is 364 g/mol. The fraction of sp³-hybridized carbons (Fsp3) is 0.278. The Labute approximate surface area is 161 Å². The van der Waals surface area contributed by atoms with Crippen LogP contribution in [0.15, 0.2) is 42.9 Å². The number of hydrogen-bond acceptors (Lipinski definition) is 6. The summed E-state index contributed by atoms with van der Waals surface area (Å²) in [6.45, 7) is 1.22. The maximum absolute atomic E-state index is 6.12. The summed E-state index contributed by atoms with van der Waals surface area (Å²) in [7, 11) is 0. The largest absolute Gasteiger partial charge is 0.383 e. The van der Waals surface area contributed by atoms with Gasteiger partial charge in [-0.05, 0) is 12.8 Å². The lowest BCUT2D eigenvalue weighted by molar-refractivity contribution is 0.497. The van der Waals surface area contributed by atoms with Crippen LogP contribution in [0, 0.1) is 0 Å². The molecular formula is C18H19ClN8. The van der Waals surface area contributed by atoms with Crippen molar-refractivity contribution in [1.29, 1.82) is 0 Å². The van der Waals surface area contributed by atoms with Crippen LogP contribution in [0.5, 0.6) is 0 Å². The minimum Gasteiger partial charge on any atom is -0.383 e. The van der Waals surface area contributed by atoms with E-state index in [4.69, 9.17) is 22.4 Å². The van der Waals surface area contributed by atoms with E-state index >= 15 is 0 Å². The predicted octanol–water partition coefficient (Wildman–Crippen LogP) is 2.54. The minimum absolute atomic E-state index is 0.425. The number of rotatable bonds is 7. The summed E-state index contributed by atoms with van der Waals surface area (Å²) in [6, 6.07) is 9.91. The summed E-state index contributed by atoms with van der Waals surface area (Å²) in [5.41, 5.74) is 9.54. The molecule has 3 heterocycles. The average Bonchev–Trinajstić information content (AvgIpc) is 3.31. The minimum atomic E-state index is 0.425. The van der Waals surface area contributed by atoms with Crippen LogP contribution in [0.25, 0.3) is 22.3 Å². The zero-order valence-corrected chi connectivity index (χ0v) is 15.4. The molecule has 0 radical (unpaired) electrons. The Kier molecular flexibility index (Phi) is 4.97. The van der Waals surface area contributed by atoms with Crippen molar-refractivity contribution < 1.29 is 0 Å². The Bertz CT molecular complexity index is 1040. The van der Waals surface area contributed by atoms with Crippen LogP contribution < -0.4 is 5.73 Å². The maximum Gasteiger partial charge on any atom is 0.164 e. The number of nitrogen functional groups attached to an aromatic ring is 1. The number of aryl methyl sites for hydroxylation is 3. The van der Waals surface area contributed by atoms with E-state index in [-0.39, 0.29) is 0 Å². The van der Waals surface area contributed by atoms with E-state index in [0.717, 1.165) is 35.2 Å². The summed E-state index contributed by atoms with van der Waals surface area (Å²) in [4.78, 5) is 8.53. The molecule has 0 atom stereocenters. The molecule has 27 heavy (non-hydrogen) atoms. The number of aromatic nitrogens is 7. The van der Waals surface area contributed by atoms with E-state index in [1.54, 1.807) is 0 Å². The fourth-order valence-electron chi connectivity index (χ4n) is 2.99. The van der Waals surface area contributed by atoms with E-state index in [1.165, 1.54) is 6.33 Å². The highest BCUT2D eigenvalue weighted by Crippen LogP contribution is 2.29. The zero-order chi connectivity index (χ0) is 18.6. The number of nitrogens with two attached hydrogens (primary N) is 1. The highest BCUT2D eigenvalue weighted by atomic mass is 35.5. The SMILES string of the molecule is Nc1ncnc2c1c(-c1ccccc1)nn2CCn1cc(CCCCl)nn1. The molecule has 0 aliphatic heterocycles. The Morgan fingerprint density at radius 2 is 1.93 bits per heavy atom. The van der Waals surface area contributed by atoms with Gasteiger partial charge in [-0.15, -0.1) is 16.7 Å². The van der Waals surface area contributed by atoms with E-state index < -0.39 is 0 Å². The van der Waals surface area contributed by atoms with Crippen LogP contribution in [-0.4, -0.2) is 40.6 Å². The second-order valence-electron chi connectivity index (χ2n) is 6.16. The molecule has 4 aromatic rings. The topological polar surface area (TPSA) is 100 Å². The number of hydrogen-bond donors (Lipinski definition) is 1. The van der Waals surface area contributed by atoms with Gasteiger partial charge in [0.1, 0.15) is 17.8 Å². The van der Waals surface area contributed by atoms with Gasteiger partial charge in [-0.3, -0.25) is 4.68 Å². The summed E-state index contributed by atoms with van der Waals surface area (Å²) in [6.07, 6.45) is 5.13. The maximum atomic E-state index is 6.12. The van der Waals surface area contributed by atoms with Crippen LogP contribution in [0.1, 0.15) is 12.1 Å². The molecule has 3 aromatic heterocycles. The Morgan fingerprint density at radius 3 is 2.74 bits per heavy atom. The number of anilines is 1. The number of alkyl halides is 1. The molecule has 138 valence electrons. The molecule has 0 amide bonds. The normalized spacial score (nSPS) is 11.3. The lowest BCUT2D eigenvalue weighted by Gasteiger charge is -2.02. The first kappa shape index (κ1) is 17.4. The monoisotopic (exact) mass is 382 g/mol. The number of fused-ring (bicyclic) bond motifs is 1. The zero-order valence-electron chi connectivity index (χ0n) is 14.7. The second kappa shape index (κ2) is 7.71. The van der Waals surface area contributed by atoms with Gasteiger partial charge in [-0.2, -0.15) is 5.10 Å². The molecule has 0 bridgehead atoms. The van der Waals surface area contributed by atoms with Gasteiger partial charge < -0.3 is 5.73 Å². The predicted molar refractivity (Wildman–Crippen MR) is 104 cm³/mol. The first-order valence-electron chi connectivity index (χ1n) is 8.73. The van der Waals surface area contributed by atoms with Crippen LogP contribution in [0.4, 0.5) is 5.82 Å². The third-order valence-electron chi connectivity index (χ3n) is 4.30. The van der Waals surface area contributed by atoms with Crippen molar-refractivity contribution in [1.82, 2.24) is 34.7 Å². The van der Waals surface area contributed by atoms with Crippen molar-refractivity contribution in [2.45, 2.75) is 25.9 Å². The summed E-state index contributed by atoms with van der Waals surface area (Å²) >= 11 is 5.73. The lowest BCUT2D eigenvalue weighted by atomic mass is 10.1. The lowest BCUT2D eigenvalue weighted by Crippen LogP contribution is -2.10. The summed E-state index contributed by atoms with van der Waals surface area (Å²) in [5, 5.41) is 13.9. The van der Waals surface area contributed by atoms with E-state index in [1.807, 2.05) is 45.9 Å². The molecule has 0 saturated carbocycles. The molecule has 0 fully saturated rings. The quantitative estimate of drug-likeness (QED) is 0.493.